The molecule has 112 valence electrons. The van der Waals surface area contributed by atoms with Crippen LogP contribution >= 0.6 is 0 Å². The minimum absolute atomic E-state index is 0.0581. The number of nitrogens with two attached hydrogens (primary N) is 1. The normalized spacial score (nSPS) is 17.4. The van der Waals surface area contributed by atoms with Crippen LogP contribution in [0.2, 0.25) is 0 Å². The number of ether oxygens (including phenoxy) is 1. The first-order valence-corrected chi connectivity index (χ1v) is 8.50. The second kappa shape index (κ2) is 6.01. The van der Waals surface area contributed by atoms with Crippen LogP contribution in [0, 0.1) is 5.41 Å². The van der Waals surface area contributed by atoms with Gasteiger partial charge in [-0.25, -0.2) is 13.1 Å². The number of nitrogen functional groups attached to an aromatic ring is 1. The summed E-state index contributed by atoms with van der Waals surface area (Å²) in [4.78, 5) is 0. The minimum atomic E-state index is -3.29. The molecule has 0 amide bonds. The van der Waals surface area contributed by atoms with Gasteiger partial charge in [0.1, 0.15) is 12.4 Å². The molecule has 3 N–H and O–H groups in total. The lowest BCUT2D eigenvalue weighted by atomic mass is 9.71. The van der Waals surface area contributed by atoms with E-state index >= 15 is 0 Å². The van der Waals surface area contributed by atoms with Gasteiger partial charge in [-0.3, -0.25) is 0 Å². The number of hydrogen-bond donors (Lipinski definition) is 2. The van der Waals surface area contributed by atoms with Gasteiger partial charge >= 0.3 is 0 Å². The first-order valence-electron chi connectivity index (χ1n) is 6.85. The molecule has 1 aromatic carbocycles. The SMILES string of the molecule is CC1(CNS(=O)(=O)CCOc2ccccc2N)CCC1. The largest absolute Gasteiger partial charge is 0.490 e. The van der Waals surface area contributed by atoms with Crippen molar-refractivity contribution in [1.82, 2.24) is 4.72 Å². The van der Waals surface area contributed by atoms with Gasteiger partial charge in [0.05, 0.1) is 11.4 Å². The van der Waals surface area contributed by atoms with Gasteiger partial charge in [-0.15, -0.1) is 0 Å². The standard InChI is InChI=1S/C14H22N2O3S/c1-14(7-4-8-14)11-16-20(17,18)10-9-19-13-6-3-2-5-12(13)15/h2-3,5-6,16H,4,7-11,15H2,1H3. The molecule has 6 heteroatoms. The van der Waals surface area contributed by atoms with Crippen LogP contribution in [0.3, 0.4) is 0 Å². The van der Waals surface area contributed by atoms with Gasteiger partial charge in [0.25, 0.3) is 0 Å². The molecular formula is C14H22N2O3S. The fourth-order valence-corrected chi connectivity index (χ4v) is 3.20. The first kappa shape index (κ1) is 15.1. The molecule has 1 aliphatic carbocycles. The van der Waals surface area contributed by atoms with Crippen LogP contribution in [0.25, 0.3) is 0 Å². The van der Waals surface area contributed by atoms with Crippen LogP contribution in [0.5, 0.6) is 5.75 Å². The van der Waals surface area contributed by atoms with Crippen molar-refractivity contribution in [2.24, 2.45) is 5.41 Å². The van der Waals surface area contributed by atoms with Crippen LogP contribution in [0.15, 0.2) is 24.3 Å². The molecule has 0 atom stereocenters. The zero-order valence-electron chi connectivity index (χ0n) is 11.8. The summed E-state index contributed by atoms with van der Waals surface area (Å²) in [6.45, 7) is 2.73. The average molecular weight is 298 g/mol. The third-order valence-corrected chi connectivity index (χ3v) is 5.10. The molecule has 0 aliphatic heterocycles. The van der Waals surface area contributed by atoms with E-state index in [1.165, 1.54) is 6.42 Å². The molecule has 0 spiro atoms. The lowest BCUT2D eigenvalue weighted by Gasteiger charge is -2.38. The average Bonchev–Trinajstić information content (AvgIpc) is 2.36. The lowest BCUT2D eigenvalue weighted by Crippen LogP contribution is -2.41. The summed E-state index contributed by atoms with van der Waals surface area (Å²) in [5.74, 6) is 0.464. The van der Waals surface area contributed by atoms with Gasteiger partial charge in [-0.1, -0.05) is 25.5 Å². The molecule has 2 rings (SSSR count). The van der Waals surface area contributed by atoms with Crippen molar-refractivity contribution in [3.8, 4) is 5.75 Å². The predicted molar refractivity (Wildman–Crippen MR) is 80.1 cm³/mol. The summed E-state index contributed by atoms with van der Waals surface area (Å²) in [6, 6.07) is 7.06. The van der Waals surface area contributed by atoms with Gasteiger partial charge < -0.3 is 10.5 Å². The van der Waals surface area contributed by atoms with E-state index in [1.807, 2.05) is 0 Å². The number of sulfonamides is 1. The Balaban J connectivity index is 1.76. The minimum Gasteiger partial charge on any atom is -0.490 e. The van der Waals surface area contributed by atoms with E-state index < -0.39 is 10.0 Å². The van der Waals surface area contributed by atoms with E-state index in [4.69, 9.17) is 10.5 Å². The second-order valence-corrected chi connectivity index (χ2v) is 7.62. The Bertz CT molecular complexity index is 553. The molecule has 5 nitrogen and oxygen atoms in total. The van der Waals surface area contributed by atoms with Crippen molar-refractivity contribution >= 4 is 15.7 Å². The van der Waals surface area contributed by atoms with Crippen molar-refractivity contribution in [1.29, 1.82) is 0 Å². The summed E-state index contributed by atoms with van der Waals surface area (Å²) < 4.78 is 31.8. The highest BCUT2D eigenvalue weighted by Gasteiger charge is 2.32. The smallest absolute Gasteiger partial charge is 0.214 e. The Morgan fingerprint density at radius 1 is 1.35 bits per heavy atom. The Kier molecular flexibility index (Phi) is 4.55. The Hall–Kier alpha value is -1.27. The molecule has 0 saturated heterocycles. The maximum absolute atomic E-state index is 11.9. The van der Waals surface area contributed by atoms with E-state index in [-0.39, 0.29) is 17.8 Å². The van der Waals surface area contributed by atoms with E-state index in [0.29, 0.717) is 18.0 Å². The summed E-state index contributed by atoms with van der Waals surface area (Å²) in [6.07, 6.45) is 3.37. The highest BCUT2D eigenvalue weighted by Crippen LogP contribution is 2.39. The van der Waals surface area contributed by atoms with Crippen molar-refractivity contribution in [3.63, 3.8) is 0 Å². The third-order valence-electron chi connectivity index (χ3n) is 3.81. The summed E-state index contributed by atoms with van der Waals surface area (Å²) in [5.41, 5.74) is 6.37. The highest BCUT2D eigenvalue weighted by molar-refractivity contribution is 7.89. The highest BCUT2D eigenvalue weighted by atomic mass is 32.2. The van der Waals surface area contributed by atoms with E-state index in [1.54, 1.807) is 24.3 Å². The number of benzene rings is 1. The molecule has 1 aliphatic rings. The quantitative estimate of drug-likeness (QED) is 0.752. The van der Waals surface area contributed by atoms with Crippen LogP contribution in [-0.4, -0.2) is 27.3 Å². The maximum atomic E-state index is 11.9. The number of para-hydroxylation sites is 2. The third kappa shape index (κ3) is 4.11. The van der Waals surface area contributed by atoms with Crippen molar-refractivity contribution in [3.05, 3.63) is 24.3 Å². The molecule has 0 radical (unpaired) electrons. The molecule has 1 saturated carbocycles. The topological polar surface area (TPSA) is 81.4 Å². The van der Waals surface area contributed by atoms with Crippen molar-refractivity contribution in [2.45, 2.75) is 26.2 Å². The molecule has 0 bridgehead atoms. The Morgan fingerprint density at radius 2 is 2.05 bits per heavy atom. The number of anilines is 1. The second-order valence-electron chi connectivity index (χ2n) is 5.69. The fourth-order valence-electron chi connectivity index (χ4n) is 2.19. The molecule has 1 fully saturated rings. The molecule has 0 aromatic heterocycles. The zero-order chi connectivity index (χ0) is 14.6. The summed E-state index contributed by atoms with van der Waals surface area (Å²) >= 11 is 0. The van der Waals surface area contributed by atoms with Crippen molar-refractivity contribution < 1.29 is 13.2 Å². The van der Waals surface area contributed by atoms with E-state index in [9.17, 15) is 8.42 Å². The molecule has 20 heavy (non-hydrogen) atoms. The van der Waals surface area contributed by atoms with E-state index in [0.717, 1.165) is 12.8 Å². The summed E-state index contributed by atoms with van der Waals surface area (Å²) in [7, 11) is -3.29. The fraction of sp³-hybridized carbons (Fsp3) is 0.571. The molecule has 0 heterocycles. The van der Waals surface area contributed by atoms with Gasteiger partial charge in [0, 0.05) is 6.54 Å². The molecule has 0 unspecified atom stereocenters. The van der Waals surface area contributed by atoms with Gasteiger partial charge in [0.2, 0.25) is 10.0 Å². The lowest BCUT2D eigenvalue weighted by molar-refractivity contribution is 0.166. The zero-order valence-corrected chi connectivity index (χ0v) is 12.6. The van der Waals surface area contributed by atoms with Gasteiger partial charge in [-0.05, 0) is 30.4 Å². The Morgan fingerprint density at radius 3 is 2.65 bits per heavy atom. The van der Waals surface area contributed by atoms with Crippen LogP contribution < -0.4 is 15.2 Å². The van der Waals surface area contributed by atoms with Crippen LogP contribution in [0.4, 0.5) is 5.69 Å². The first-order chi connectivity index (χ1) is 9.40. The van der Waals surface area contributed by atoms with Gasteiger partial charge in [0.15, 0.2) is 0 Å². The molecular weight excluding hydrogens is 276 g/mol. The number of hydrogen-bond acceptors (Lipinski definition) is 4. The number of nitrogens with one attached hydrogen (secondary N) is 1. The maximum Gasteiger partial charge on any atom is 0.214 e. The Labute approximate surface area is 120 Å². The molecule has 1 aromatic rings. The van der Waals surface area contributed by atoms with Crippen LogP contribution in [0.1, 0.15) is 26.2 Å². The van der Waals surface area contributed by atoms with Gasteiger partial charge in [-0.2, -0.15) is 0 Å². The van der Waals surface area contributed by atoms with Crippen LogP contribution in [-0.2, 0) is 10.0 Å². The predicted octanol–water partition coefficient (Wildman–Crippen LogP) is 1.76. The summed E-state index contributed by atoms with van der Waals surface area (Å²) in [5, 5.41) is 0. The van der Waals surface area contributed by atoms with E-state index in [2.05, 4.69) is 11.6 Å². The monoisotopic (exact) mass is 298 g/mol. The van der Waals surface area contributed by atoms with Crippen molar-refractivity contribution in [2.75, 3.05) is 24.6 Å². The number of rotatable bonds is 7.